The van der Waals surface area contributed by atoms with E-state index in [0.29, 0.717) is 16.6 Å². The fourth-order valence-corrected chi connectivity index (χ4v) is 1.27. The van der Waals surface area contributed by atoms with E-state index in [-0.39, 0.29) is 5.69 Å². The maximum absolute atomic E-state index is 10.8. The standard InChI is InChI=1S/C8H5ClN2O2/c9-7(12)4-1-2-5-6(3-4)11-8(13)10-5/h1-3H,(H2,10,11,13). The van der Waals surface area contributed by atoms with E-state index in [4.69, 9.17) is 11.6 Å². The minimum absolute atomic E-state index is 0.297. The van der Waals surface area contributed by atoms with Crippen molar-refractivity contribution in [1.82, 2.24) is 9.97 Å². The number of hydrogen-bond acceptors (Lipinski definition) is 2. The molecule has 4 nitrogen and oxygen atoms in total. The van der Waals surface area contributed by atoms with Gasteiger partial charge in [-0.05, 0) is 29.8 Å². The van der Waals surface area contributed by atoms with Gasteiger partial charge in [-0.3, -0.25) is 4.79 Å². The lowest BCUT2D eigenvalue weighted by Gasteiger charge is -1.92. The molecular weight excluding hydrogens is 192 g/mol. The van der Waals surface area contributed by atoms with E-state index in [9.17, 15) is 9.59 Å². The molecule has 0 aliphatic rings. The number of fused-ring (bicyclic) bond motifs is 1. The van der Waals surface area contributed by atoms with Crippen molar-refractivity contribution in [2.45, 2.75) is 0 Å². The van der Waals surface area contributed by atoms with Gasteiger partial charge in [0.15, 0.2) is 0 Å². The average molecular weight is 197 g/mol. The summed E-state index contributed by atoms with van der Waals surface area (Å²) in [6.45, 7) is 0. The Bertz CT molecular complexity index is 526. The lowest BCUT2D eigenvalue weighted by Crippen LogP contribution is -1.99. The van der Waals surface area contributed by atoms with Crippen LogP contribution < -0.4 is 5.69 Å². The molecule has 0 amide bonds. The van der Waals surface area contributed by atoms with Crippen molar-refractivity contribution in [3.05, 3.63) is 34.2 Å². The third-order valence-electron chi connectivity index (χ3n) is 1.74. The molecule has 0 unspecified atom stereocenters. The van der Waals surface area contributed by atoms with Gasteiger partial charge in [0.25, 0.3) is 5.24 Å². The van der Waals surface area contributed by atoms with Gasteiger partial charge < -0.3 is 9.97 Å². The van der Waals surface area contributed by atoms with E-state index < -0.39 is 5.24 Å². The molecule has 0 fully saturated rings. The highest BCUT2D eigenvalue weighted by Gasteiger charge is 2.03. The molecule has 2 rings (SSSR count). The molecule has 1 heterocycles. The number of carbonyl (C=O) groups excluding carboxylic acids is 1. The van der Waals surface area contributed by atoms with Crippen LogP contribution in [0.15, 0.2) is 23.0 Å². The topological polar surface area (TPSA) is 65.7 Å². The molecule has 66 valence electrons. The van der Waals surface area contributed by atoms with Gasteiger partial charge in [0.2, 0.25) is 0 Å². The Labute approximate surface area is 77.5 Å². The zero-order chi connectivity index (χ0) is 9.42. The second-order valence-corrected chi connectivity index (χ2v) is 2.96. The summed E-state index contributed by atoms with van der Waals surface area (Å²) in [5.74, 6) is 0. The first-order valence-electron chi connectivity index (χ1n) is 3.59. The van der Waals surface area contributed by atoms with E-state index in [1.807, 2.05) is 0 Å². The van der Waals surface area contributed by atoms with Gasteiger partial charge in [0.1, 0.15) is 0 Å². The van der Waals surface area contributed by atoms with Crippen LogP contribution >= 0.6 is 11.6 Å². The summed E-state index contributed by atoms with van der Waals surface area (Å²) >= 11 is 5.27. The van der Waals surface area contributed by atoms with E-state index in [1.165, 1.54) is 6.07 Å². The SMILES string of the molecule is O=C(Cl)c1ccc2[nH]c(=O)[nH]c2c1. The van der Waals surface area contributed by atoms with Crippen LogP contribution in [0.1, 0.15) is 10.4 Å². The number of nitrogens with one attached hydrogen (secondary N) is 2. The summed E-state index contributed by atoms with van der Waals surface area (Å²) in [7, 11) is 0. The normalized spacial score (nSPS) is 10.5. The van der Waals surface area contributed by atoms with E-state index in [2.05, 4.69) is 9.97 Å². The number of aromatic amines is 2. The van der Waals surface area contributed by atoms with Crippen LogP contribution in [0.25, 0.3) is 11.0 Å². The quantitative estimate of drug-likeness (QED) is 0.674. The summed E-state index contributed by atoms with van der Waals surface area (Å²) in [6, 6.07) is 4.72. The van der Waals surface area contributed by atoms with Crippen molar-refractivity contribution < 1.29 is 4.79 Å². The predicted octanol–water partition coefficient (Wildman–Crippen LogP) is 1.24. The second-order valence-electron chi connectivity index (χ2n) is 2.61. The maximum Gasteiger partial charge on any atom is 0.323 e. The summed E-state index contributed by atoms with van der Waals surface area (Å²) in [6.07, 6.45) is 0. The first kappa shape index (κ1) is 8.07. The fourth-order valence-electron chi connectivity index (χ4n) is 1.15. The van der Waals surface area contributed by atoms with Crippen LogP contribution in [0, 0.1) is 0 Å². The molecule has 0 aliphatic carbocycles. The van der Waals surface area contributed by atoms with Crippen LogP contribution in [-0.2, 0) is 0 Å². The molecule has 1 aromatic heterocycles. The van der Waals surface area contributed by atoms with Gasteiger partial charge in [-0.25, -0.2) is 4.79 Å². The Hall–Kier alpha value is -1.55. The number of carbonyl (C=O) groups is 1. The molecule has 0 radical (unpaired) electrons. The Morgan fingerprint density at radius 2 is 1.92 bits per heavy atom. The molecule has 0 saturated heterocycles. The van der Waals surface area contributed by atoms with Gasteiger partial charge in [-0.15, -0.1) is 0 Å². The molecule has 0 spiro atoms. The van der Waals surface area contributed by atoms with Gasteiger partial charge in [0, 0.05) is 5.56 Å². The molecule has 0 atom stereocenters. The van der Waals surface area contributed by atoms with Gasteiger partial charge in [0.05, 0.1) is 11.0 Å². The second kappa shape index (κ2) is 2.74. The Morgan fingerprint density at radius 1 is 1.23 bits per heavy atom. The van der Waals surface area contributed by atoms with Crippen LogP contribution in [-0.4, -0.2) is 15.2 Å². The van der Waals surface area contributed by atoms with Gasteiger partial charge in [-0.1, -0.05) is 0 Å². The molecule has 0 saturated carbocycles. The van der Waals surface area contributed by atoms with Gasteiger partial charge >= 0.3 is 5.69 Å². The summed E-state index contributed by atoms with van der Waals surface area (Å²) < 4.78 is 0. The molecule has 5 heteroatoms. The Balaban J connectivity index is 2.74. The highest BCUT2D eigenvalue weighted by molar-refractivity contribution is 6.67. The number of hydrogen-bond donors (Lipinski definition) is 2. The molecule has 0 aliphatic heterocycles. The minimum Gasteiger partial charge on any atom is -0.306 e. The zero-order valence-corrected chi connectivity index (χ0v) is 7.18. The summed E-state index contributed by atoms with van der Waals surface area (Å²) in [4.78, 5) is 26.7. The van der Waals surface area contributed by atoms with Crippen LogP contribution in [0.5, 0.6) is 0 Å². The van der Waals surface area contributed by atoms with Crippen LogP contribution in [0.4, 0.5) is 0 Å². The van der Waals surface area contributed by atoms with Gasteiger partial charge in [-0.2, -0.15) is 0 Å². The van der Waals surface area contributed by atoms with E-state index in [1.54, 1.807) is 12.1 Å². The summed E-state index contributed by atoms with van der Waals surface area (Å²) in [5, 5.41) is -0.538. The Kier molecular flexibility index (Phi) is 1.70. The smallest absolute Gasteiger partial charge is 0.306 e. The average Bonchev–Trinajstić information content (AvgIpc) is 2.42. The number of benzene rings is 1. The molecule has 1 aromatic carbocycles. The van der Waals surface area contributed by atoms with E-state index >= 15 is 0 Å². The van der Waals surface area contributed by atoms with Crippen molar-refractivity contribution in [2.75, 3.05) is 0 Å². The van der Waals surface area contributed by atoms with Crippen molar-refractivity contribution in [3.8, 4) is 0 Å². The van der Waals surface area contributed by atoms with Crippen LogP contribution in [0.3, 0.4) is 0 Å². The Morgan fingerprint density at radius 3 is 2.62 bits per heavy atom. The molecule has 2 aromatic rings. The monoisotopic (exact) mass is 196 g/mol. The highest BCUT2D eigenvalue weighted by Crippen LogP contribution is 2.11. The number of H-pyrrole nitrogens is 2. The highest BCUT2D eigenvalue weighted by atomic mass is 35.5. The maximum atomic E-state index is 10.8. The van der Waals surface area contributed by atoms with Crippen LogP contribution in [0.2, 0.25) is 0 Å². The fraction of sp³-hybridized carbons (Fsp3) is 0. The number of imidazole rings is 1. The largest absolute Gasteiger partial charge is 0.323 e. The van der Waals surface area contributed by atoms with Crippen molar-refractivity contribution in [1.29, 1.82) is 0 Å². The lowest BCUT2D eigenvalue weighted by atomic mass is 10.2. The number of aromatic nitrogens is 2. The molecule has 2 N–H and O–H groups in total. The number of halogens is 1. The van der Waals surface area contributed by atoms with Crippen molar-refractivity contribution in [3.63, 3.8) is 0 Å². The minimum atomic E-state index is -0.538. The third kappa shape index (κ3) is 1.36. The van der Waals surface area contributed by atoms with Crippen molar-refractivity contribution >= 4 is 27.9 Å². The third-order valence-corrected chi connectivity index (χ3v) is 1.96. The van der Waals surface area contributed by atoms with Crippen molar-refractivity contribution in [2.24, 2.45) is 0 Å². The predicted molar refractivity (Wildman–Crippen MR) is 49.1 cm³/mol. The lowest BCUT2D eigenvalue weighted by molar-refractivity contribution is 0.108. The summed E-state index contributed by atoms with van der Waals surface area (Å²) in [5.41, 5.74) is 1.31. The first-order chi connectivity index (χ1) is 6.16. The first-order valence-corrected chi connectivity index (χ1v) is 3.96. The number of rotatable bonds is 1. The molecular formula is C8H5ClN2O2. The molecule has 13 heavy (non-hydrogen) atoms. The molecule has 0 bridgehead atoms. The zero-order valence-electron chi connectivity index (χ0n) is 6.43. The van der Waals surface area contributed by atoms with E-state index in [0.717, 1.165) is 0 Å².